The molecule has 0 aliphatic rings. The lowest BCUT2D eigenvalue weighted by Gasteiger charge is -2.22. The summed E-state index contributed by atoms with van der Waals surface area (Å²) in [4.78, 5) is 0. The van der Waals surface area contributed by atoms with E-state index in [0.717, 1.165) is 29.7 Å². The number of rotatable bonds is 5. The highest BCUT2D eigenvalue weighted by molar-refractivity contribution is 5.39. The largest absolute Gasteiger partial charge is 0.306 e. The summed E-state index contributed by atoms with van der Waals surface area (Å²) >= 11 is 0. The number of hydrogen-bond acceptors (Lipinski definition) is 1. The summed E-state index contributed by atoms with van der Waals surface area (Å²) in [6.45, 7) is 6.63. The van der Waals surface area contributed by atoms with E-state index in [1.165, 1.54) is 18.2 Å². The number of aryl methyl sites for hydroxylation is 2. The highest BCUT2D eigenvalue weighted by Gasteiger charge is 2.19. The molecule has 0 saturated heterocycles. The summed E-state index contributed by atoms with van der Waals surface area (Å²) in [6.07, 6.45) is 0.949. The predicted octanol–water partition coefficient (Wildman–Crippen LogP) is 4.67. The highest BCUT2D eigenvalue weighted by atomic mass is 19.1. The first-order valence-corrected chi connectivity index (χ1v) is 7.28. The molecule has 0 radical (unpaired) electrons. The molecule has 0 amide bonds. The molecule has 1 unspecified atom stereocenters. The quantitative estimate of drug-likeness (QED) is 0.843. The van der Waals surface area contributed by atoms with E-state index in [9.17, 15) is 8.78 Å². The van der Waals surface area contributed by atoms with Crippen LogP contribution in [0.2, 0.25) is 0 Å². The number of halogens is 2. The second-order valence-corrected chi connectivity index (χ2v) is 5.41. The van der Waals surface area contributed by atoms with Gasteiger partial charge in [0.2, 0.25) is 0 Å². The van der Waals surface area contributed by atoms with Crippen molar-refractivity contribution in [1.29, 1.82) is 0 Å². The Hall–Kier alpha value is -1.74. The van der Waals surface area contributed by atoms with Gasteiger partial charge in [-0.1, -0.05) is 30.7 Å². The van der Waals surface area contributed by atoms with Crippen LogP contribution in [0.15, 0.2) is 36.4 Å². The van der Waals surface area contributed by atoms with E-state index < -0.39 is 0 Å². The summed E-state index contributed by atoms with van der Waals surface area (Å²) < 4.78 is 27.5. The van der Waals surface area contributed by atoms with Crippen LogP contribution < -0.4 is 5.32 Å². The van der Waals surface area contributed by atoms with Crippen molar-refractivity contribution in [2.45, 2.75) is 33.2 Å². The third-order valence-electron chi connectivity index (χ3n) is 3.60. The maximum Gasteiger partial charge on any atom is 0.128 e. The SMILES string of the molecule is CCCNC(c1ccc(F)cc1C)c1cc(C)ccc1F. The van der Waals surface area contributed by atoms with Gasteiger partial charge < -0.3 is 5.32 Å². The van der Waals surface area contributed by atoms with E-state index in [1.54, 1.807) is 12.1 Å². The topological polar surface area (TPSA) is 12.0 Å². The minimum Gasteiger partial charge on any atom is -0.306 e. The highest BCUT2D eigenvalue weighted by Crippen LogP contribution is 2.28. The summed E-state index contributed by atoms with van der Waals surface area (Å²) in [6, 6.07) is 9.49. The molecule has 1 nitrogen and oxygen atoms in total. The van der Waals surface area contributed by atoms with Gasteiger partial charge in [-0.05, 0) is 56.1 Å². The van der Waals surface area contributed by atoms with Crippen molar-refractivity contribution < 1.29 is 8.78 Å². The van der Waals surface area contributed by atoms with Gasteiger partial charge in [0, 0.05) is 5.56 Å². The Kier molecular flexibility index (Phi) is 5.07. The molecular formula is C18H21F2N. The average molecular weight is 289 g/mol. The molecule has 0 aromatic heterocycles. The van der Waals surface area contributed by atoms with Gasteiger partial charge in [0.25, 0.3) is 0 Å². The molecule has 0 spiro atoms. The van der Waals surface area contributed by atoms with Gasteiger partial charge >= 0.3 is 0 Å². The first kappa shape index (κ1) is 15.6. The predicted molar refractivity (Wildman–Crippen MR) is 82.4 cm³/mol. The molecular weight excluding hydrogens is 268 g/mol. The molecule has 0 aliphatic carbocycles. The smallest absolute Gasteiger partial charge is 0.128 e. The molecule has 1 atom stereocenters. The van der Waals surface area contributed by atoms with E-state index in [0.29, 0.717) is 5.56 Å². The molecule has 2 rings (SSSR count). The summed E-state index contributed by atoms with van der Waals surface area (Å²) in [7, 11) is 0. The standard InChI is InChI=1S/C18H21F2N/c1-4-9-21-18(15-7-6-14(19)11-13(15)3)16-10-12(2)5-8-17(16)20/h5-8,10-11,18,21H,4,9H2,1-3H3. The zero-order valence-electron chi connectivity index (χ0n) is 12.7. The van der Waals surface area contributed by atoms with Crippen LogP contribution in [0.25, 0.3) is 0 Å². The lowest BCUT2D eigenvalue weighted by Crippen LogP contribution is -2.25. The van der Waals surface area contributed by atoms with Crippen LogP contribution in [0, 0.1) is 25.5 Å². The average Bonchev–Trinajstić information content (AvgIpc) is 2.44. The van der Waals surface area contributed by atoms with E-state index in [4.69, 9.17) is 0 Å². The normalized spacial score (nSPS) is 12.4. The van der Waals surface area contributed by atoms with Crippen LogP contribution in [0.3, 0.4) is 0 Å². The van der Waals surface area contributed by atoms with Crippen LogP contribution in [0.4, 0.5) is 8.78 Å². The Morgan fingerprint density at radius 2 is 1.76 bits per heavy atom. The molecule has 112 valence electrons. The lowest BCUT2D eigenvalue weighted by atomic mass is 9.93. The second kappa shape index (κ2) is 6.81. The van der Waals surface area contributed by atoms with Gasteiger partial charge in [0.1, 0.15) is 11.6 Å². The van der Waals surface area contributed by atoms with Crippen LogP contribution in [-0.4, -0.2) is 6.54 Å². The van der Waals surface area contributed by atoms with Gasteiger partial charge in [-0.3, -0.25) is 0 Å². The maximum atomic E-state index is 14.2. The molecule has 3 heteroatoms. The van der Waals surface area contributed by atoms with Crippen molar-refractivity contribution in [2.75, 3.05) is 6.54 Å². The Labute approximate surface area is 125 Å². The van der Waals surface area contributed by atoms with Gasteiger partial charge in [-0.25, -0.2) is 8.78 Å². The minimum atomic E-state index is -0.268. The van der Waals surface area contributed by atoms with E-state index in [-0.39, 0.29) is 17.7 Å². The van der Waals surface area contributed by atoms with Crippen molar-refractivity contribution in [1.82, 2.24) is 5.32 Å². The molecule has 1 N–H and O–H groups in total. The Bertz CT molecular complexity index is 623. The molecule has 2 aromatic carbocycles. The first-order valence-electron chi connectivity index (χ1n) is 7.28. The monoisotopic (exact) mass is 289 g/mol. The number of hydrogen-bond donors (Lipinski definition) is 1. The number of nitrogens with one attached hydrogen (secondary N) is 1. The molecule has 0 fully saturated rings. The van der Waals surface area contributed by atoms with Crippen LogP contribution >= 0.6 is 0 Å². The van der Waals surface area contributed by atoms with E-state index >= 15 is 0 Å². The van der Waals surface area contributed by atoms with Crippen molar-refractivity contribution in [3.63, 3.8) is 0 Å². The fourth-order valence-corrected chi connectivity index (χ4v) is 2.52. The second-order valence-electron chi connectivity index (χ2n) is 5.41. The van der Waals surface area contributed by atoms with Gasteiger partial charge in [0.15, 0.2) is 0 Å². The fraction of sp³-hybridized carbons (Fsp3) is 0.333. The zero-order valence-corrected chi connectivity index (χ0v) is 12.7. The zero-order chi connectivity index (χ0) is 15.4. The molecule has 0 heterocycles. The van der Waals surface area contributed by atoms with Crippen LogP contribution in [-0.2, 0) is 0 Å². The van der Waals surface area contributed by atoms with Crippen molar-refractivity contribution in [2.24, 2.45) is 0 Å². The van der Waals surface area contributed by atoms with Crippen molar-refractivity contribution in [3.05, 3.63) is 70.3 Å². The van der Waals surface area contributed by atoms with Crippen molar-refractivity contribution in [3.8, 4) is 0 Å². The van der Waals surface area contributed by atoms with Crippen LogP contribution in [0.5, 0.6) is 0 Å². The summed E-state index contributed by atoms with van der Waals surface area (Å²) in [5.74, 6) is -0.506. The molecule has 2 aromatic rings. The molecule has 0 aliphatic heterocycles. The first-order chi connectivity index (χ1) is 10.0. The Morgan fingerprint density at radius 3 is 2.43 bits per heavy atom. The lowest BCUT2D eigenvalue weighted by molar-refractivity contribution is 0.543. The third-order valence-corrected chi connectivity index (χ3v) is 3.60. The summed E-state index contributed by atoms with van der Waals surface area (Å²) in [5.41, 5.74) is 3.35. The van der Waals surface area contributed by atoms with Gasteiger partial charge in [0.05, 0.1) is 6.04 Å². The number of benzene rings is 2. The van der Waals surface area contributed by atoms with E-state index in [1.807, 2.05) is 19.9 Å². The maximum absolute atomic E-state index is 14.2. The van der Waals surface area contributed by atoms with Crippen LogP contribution in [0.1, 0.15) is 41.6 Å². The van der Waals surface area contributed by atoms with Gasteiger partial charge in [-0.15, -0.1) is 0 Å². The molecule has 0 saturated carbocycles. The van der Waals surface area contributed by atoms with E-state index in [2.05, 4.69) is 12.2 Å². The Morgan fingerprint density at radius 1 is 1.00 bits per heavy atom. The molecule has 21 heavy (non-hydrogen) atoms. The Balaban J connectivity index is 2.49. The molecule has 0 bridgehead atoms. The van der Waals surface area contributed by atoms with Gasteiger partial charge in [-0.2, -0.15) is 0 Å². The van der Waals surface area contributed by atoms with Crippen molar-refractivity contribution >= 4 is 0 Å². The minimum absolute atomic E-state index is 0.238. The third kappa shape index (κ3) is 3.67. The fourth-order valence-electron chi connectivity index (χ4n) is 2.52. The summed E-state index contributed by atoms with van der Waals surface area (Å²) in [5, 5.41) is 3.37.